The molecule has 3 aromatic rings. The van der Waals surface area contributed by atoms with Crippen LogP contribution in [0.4, 0.5) is 5.69 Å². The minimum Gasteiger partial charge on any atom is -0.478 e. The van der Waals surface area contributed by atoms with Crippen molar-refractivity contribution < 1.29 is 24.3 Å². The van der Waals surface area contributed by atoms with Crippen molar-refractivity contribution in [1.29, 1.82) is 0 Å². The molecule has 3 N–H and O–H groups in total. The summed E-state index contributed by atoms with van der Waals surface area (Å²) in [5, 5.41) is 9.69. The van der Waals surface area contributed by atoms with Crippen LogP contribution < -0.4 is 10.6 Å². The molecule has 1 aliphatic rings. The number of benzene rings is 3. The summed E-state index contributed by atoms with van der Waals surface area (Å²) in [6, 6.07) is 17.6. The van der Waals surface area contributed by atoms with Crippen LogP contribution in [0.2, 0.25) is 0 Å². The lowest BCUT2D eigenvalue weighted by Gasteiger charge is -2.17. The standard InChI is InChI=1S/C22H14N2O5/c23-19(25)14-6-8-15-16(11-14)21(27)24(20(15)26)18-9-7-13(10-17(18)22(28)29)12-4-2-1-3-5-12/h1-11H,(H2,23,25)(H,28,29). The van der Waals surface area contributed by atoms with Gasteiger partial charge in [0.1, 0.15) is 0 Å². The number of aromatic carboxylic acids is 1. The van der Waals surface area contributed by atoms with E-state index in [1.165, 1.54) is 30.3 Å². The van der Waals surface area contributed by atoms with Gasteiger partial charge in [0, 0.05) is 5.56 Å². The Labute approximate surface area is 165 Å². The Morgan fingerprint density at radius 2 is 1.48 bits per heavy atom. The maximum Gasteiger partial charge on any atom is 0.337 e. The number of nitrogens with zero attached hydrogens (tertiary/aromatic N) is 1. The van der Waals surface area contributed by atoms with Gasteiger partial charge in [-0.05, 0) is 41.5 Å². The van der Waals surface area contributed by atoms with E-state index < -0.39 is 23.7 Å². The van der Waals surface area contributed by atoms with E-state index in [0.717, 1.165) is 10.5 Å². The van der Waals surface area contributed by atoms with Crippen molar-refractivity contribution in [1.82, 2.24) is 0 Å². The van der Waals surface area contributed by atoms with E-state index in [4.69, 9.17) is 5.73 Å². The van der Waals surface area contributed by atoms with Crippen LogP contribution in [-0.2, 0) is 0 Å². The zero-order chi connectivity index (χ0) is 20.7. The van der Waals surface area contributed by atoms with E-state index in [2.05, 4.69) is 0 Å². The minimum atomic E-state index is -1.27. The van der Waals surface area contributed by atoms with Crippen molar-refractivity contribution in [2.75, 3.05) is 4.90 Å². The van der Waals surface area contributed by atoms with Gasteiger partial charge in [-0.25, -0.2) is 9.69 Å². The smallest absolute Gasteiger partial charge is 0.337 e. The van der Waals surface area contributed by atoms with Gasteiger partial charge in [-0.3, -0.25) is 14.4 Å². The van der Waals surface area contributed by atoms with Gasteiger partial charge in [-0.15, -0.1) is 0 Å². The molecule has 0 atom stereocenters. The molecule has 0 unspecified atom stereocenters. The van der Waals surface area contributed by atoms with E-state index >= 15 is 0 Å². The maximum absolute atomic E-state index is 12.9. The molecule has 3 aromatic carbocycles. The fraction of sp³-hybridized carbons (Fsp3) is 0. The fourth-order valence-electron chi connectivity index (χ4n) is 3.33. The zero-order valence-electron chi connectivity index (χ0n) is 15.0. The van der Waals surface area contributed by atoms with Gasteiger partial charge in [-0.2, -0.15) is 0 Å². The summed E-state index contributed by atoms with van der Waals surface area (Å²) in [7, 11) is 0. The van der Waals surface area contributed by atoms with Crippen LogP contribution in [-0.4, -0.2) is 28.8 Å². The van der Waals surface area contributed by atoms with E-state index in [0.29, 0.717) is 5.56 Å². The van der Waals surface area contributed by atoms with Crippen molar-refractivity contribution in [2.45, 2.75) is 0 Å². The summed E-state index contributed by atoms with van der Waals surface area (Å²) < 4.78 is 0. The van der Waals surface area contributed by atoms with E-state index in [9.17, 15) is 24.3 Å². The molecule has 0 radical (unpaired) electrons. The van der Waals surface area contributed by atoms with E-state index in [-0.39, 0.29) is 27.9 Å². The largest absolute Gasteiger partial charge is 0.478 e. The predicted octanol–water partition coefficient (Wildman–Crippen LogP) is 2.95. The van der Waals surface area contributed by atoms with Crippen LogP contribution in [0.5, 0.6) is 0 Å². The first-order valence-electron chi connectivity index (χ1n) is 8.64. The van der Waals surface area contributed by atoms with Crippen molar-refractivity contribution >= 4 is 29.4 Å². The lowest BCUT2D eigenvalue weighted by atomic mass is 10.0. The minimum absolute atomic E-state index is 0.00905. The van der Waals surface area contributed by atoms with Crippen molar-refractivity contribution in [3.8, 4) is 11.1 Å². The number of nitrogens with two attached hydrogens (primary N) is 1. The van der Waals surface area contributed by atoms with Crippen molar-refractivity contribution in [3.63, 3.8) is 0 Å². The van der Waals surface area contributed by atoms with Crippen LogP contribution in [0.1, 0.15) is 41.4 Å². The highest BCUT2D eigenvalue weighted by molar-refractivity contribution is 6.35. The molecule has 0 aromatic heterocycles. The van der Waals surface area contributed by atoms with Crippen LogP contribution in [0.25, 0.3) is 11.1 Å². The van der Waals surface area contributed by atoms with Crippen LogP contribution in [0.15, 0.2) is 66.7 Å². The van der Waals surface area contributed by atoms with Crippen LogP contribution in [0, 0.1) is 0 Å². The molecule has 0 saturated carbocycles. The van der Waals surface area contributed by atoms with Crippen LogP contribution in [0.3, 0.4) is 0 Å². The Hall–Kier alpha value is -4.26. The number of carbonyl (C=O) groups excluding carboxylic acids is 3. The first kappa shape index (κ1) is 18.1. The number of carboxylic acid groups (broad SMARTS) is 1. The highest BCUT2D eigenvalue weighted by Gasteiger charge is 2.38. The quantitative estimate of drug-likeness (QED) is 0.669. The van der Waals surface area contributed by atoms with Crippen LogP contribution >= 0.6 is 0 Å². The molecule has 142 valence electrons. The van der Waals surface area contributed by atoms with E-state index in [1.54, 1.807) is 6.07 Å². The van der Waals surface area contributed by atoms with Gasteiger partial charge < -0.3 is 10.8 Å². The number of amides is 3. The Kier molecular flexibility index (Phi) is 4.20. The maximum atomic E-state index is 12.9. The van der Waals surface area contributed by atoms with Gasteiger partial charge in [0.05, 0.1) is 22.4 Å². The number of imide groups is 1. The number of carboxylic acids is 1. The number of rotatable bonds is 4. The first-order valence-corrected chi connectivity index (χ1v) is 8.64. The second kappa shape index (κ2) is 6.72. The summed E-state index contributed by atoms with van der Waals surface area (Å²) in [6.07, 6.45) is 0. The lowest BCUT2D eigenvalue weighted by Crippen LogP contribution is -2.31. The number of hydrogen-bond acceptors (Lipinski definition) is 4. The Morgan fingerprint density at radius 1 is 0.793 bits per heavy atom. The lowest BCUT2D eigenvalue weighted by molar-refractivity contribution is 0.0697. The second-order valence-corrected chi connectivity index (χ2v) is 6.47. The zero-order valence-corrected chi connectivity index (χ0v) is 15.0. The Bertz CT molecular complexity index is 1200. The van der Waals surface area contributed by atoms with Crippen molar-refractivity contribution in [3.05, 3.63) is 89.0 Å². The molecule has 1 heterocycles. The average Bonchev–Trinajstić information content (AvgIpc) is 2.98. The topological polar surface area (TPSA) is 118 Å². The summed E-state index contributed by atoms with van der Waals surface area (Å²) in [5.74, 6) is -3.36. The summed E-state index contributed by atoms with van der Waals surface area (Å²) >= 11 is 0. The Morgan fingerprint density at radius 3 is 2.14 bits per heavy atom. The van der Waals surface area contributed by atoms with Crippen molar-refractivity contribution in [2.24, 2.45) is 5.73 Å². The number of carbonyl (C=O) groups is 4. The van der Waals surface area contributed by atoms with Gasteiger partial charge in [0.25, 0.3) is 11.8 Å². The molecule has 3 amide bonds. The molecule has 0 fully saturated rings. The van der Waals surface area contributed by atoms with Gasteiger partial charge in [0.15, 0.2) is 0 Å². The molecule has 0 aliphatic carbocycles. The molecule has 0 spiro atoms. The highest BCUT2D eigenvalue weighted by Crippen LogP contribution is 2.34. The third-order valence-electron chi connectivity index (χ3n) is 4.75. The number of primary amides is 1. The number of fused-ring (bicyclic) bond motifs is 1. The fourth-order valence-corrected chi connectivity index (χ4v) is 3.33. The second-order valence-electron chi connectivity index (χ2n) is 6.47. The predicted molar refractivity (Wildman–Crippen MR) is 105 cm³/mol. The summed E-state index contributed by atoms with van der Waals surface area (Å²) in [5.41, 5.74) is 6.64. The molecule has 1 aliphatic heterocycles. The molecule has 29 heavy (non-hydrogen) atoms. The summed E-state index contributed by atoms with van der Waals surface area (Å²) in [6.45, 7) is 0. The van der Waals surface area contributed by atoms with Gasteiger partial charge in [0.2, 0.25) is 5.91 Å². The first-order chi connectivity index (χ1) is 13.9. The highest BCUT2D eigenvalue weighted by atomic mass is 16.4. The Balaban J connectivity index is 1.82. The van der Waals surface area contributed by atoms with Gasteiger partial charge in [-0.1, -0.05) is 36.4 Å². The third-order valence-corrected chi connectivity index (χ3v) is 4.75. The molecular formula is C22H14N2O5. The normalized spacial score (nSPS) is 12.8. The molecule has 7 heteroatoms. The van der Waals surface area contributed by atoms with Gasteiger partial charge >= 0.3 is 5.97 Å². The number of hydrogen-bond donors (Lipinski definition) is 2. The SMILES string of the molecule is NC(=O)c1ccc2c(c1)C(=O)N(c1ccc(-c3ccccc3)cc1C(=O)O)C2=O. The molecular weight excluding hydrogens is 372 g/mol. The molecule has 0 saturated heterocycles. The number of anilines is 1. The summed E-state index contributed by atoms with van der Waals surface area (Å²) in [4.78, 5) is 49.8. The molecule has 0 bridgehead atoms. The average molecular weight is 386 g/mol. The monoisotopic (exact) mass is 386 g/mol. The third kappa shape index (κ3) is 2.94. The molecule has 7 nitrogen and oxygen atoms in total. The molecule has 4 rings (SSSR count). The van der Waals surface area contributed by atoms with E-state index in [1.807, 2.05) is 30.3 Å².